The summed E-state index contributed by atoms with van der Waals surface area (Å²) in [5.74, 6) is 0. The van der Waals surface area contributed by atoms with Gasteiger partial charge in [-0.25, -0.2) is 0 Å². The monoisotopic (exact) mass is 877 g/mol. The molecule has 14 rings (SSSR count). The first-order valence-corrected chi connectivity index (χ1v) is 24.3. The van der Waals surface area contributed by atoms with Crippen molar-refractivity contribution in [3.05, 3.63) is 215 Å². The lowest BCUT2D eigenvalue weighted by Crippen LogP contribution is -2.19. The lowest BCUT2D eigenvalue weighted by atomic mass is 9.73. The Morgan fingerprint density at radius 3 is 1.81 bits per heavy atom. The molecule has 0 atom stereocenters. The first-order chi connectivity index (χ1) is 33.0. The van der Waals surface area contributed by atoms with E-state index in [-0.39, 0.29) is 16.2 Å². The van der Waals surface area contributed by atoms with E-state index in [4.69, 9.17) is 8.83 Å². The Hall–Kier alpha value is -7.62. The molecule has 0 amide bonds. The lowest BCUT2D eigenvalue weighted by molar-refractivity contribution is 0.607. The molecule has 2 heterocycles. The average Bonchev–Trinajstić information content (AvgIpc) is 4.12. The molecule has 0 saturated carbocycles. The molecule has 2 aromatic heterocycles. The molecule has 0 N–H and O–H groups in total. The van der Waals surface area contributed by atoms with Gasteiger partial charge < -0.3 is 13.7 Å². The molecule has 0 unspecified atom stereocenters. The molecule has 0 aliphatic heterocycles. The van der Waals surface area contributed by atoms with E-state index in [1.807, 2.05) is 0 Å². The van der Waals surface area contributed by atoms with Crippen LogP contribution in [0, 0.1) is 0 Å². The van der Waals surface area contributed by atoms with Crippen LogP contribution in [-0.2, 0) is 16.2 Å². The second-order valence-electron chi connectivity index (χ2n) is 21.1. The molecule has 328 valence electrons. The van der Waals surface area contributed by atoms with Crippen LogP contribution in [-0.4, -0.2) is 0 Å². The maximum Gasteiger partial charge on any atom is 0.143 e. The van der Waals surface area contributed by atoms with Crippen molar-refractivity contribution < 1.29 is 8.83 Å². The molecule has 68 heavy (non-hydrogen) atoms. The summed E-state index contributed by atoms with van der Waals surface area (Å²) < 4.78 is 13.5. The number of para-hydroxylation sites is 2. The first kappa shape index (κ1) is 39.5. The Morgan fingerprint density at radius 2 is 1.07 bits per heavy atom. The Morgan fingerprint density at radius 1 is 0.456 bits per heavy atom. The number of allylic oxidation sites excluding steroid dienone is 6. The van der Waals surface area contributed by atoms with Gasteiger partial charge in [0.15, 0.2) is 0 Å². The van der Waals surface area contributed by atoms with Gasteiger partial charge in [-0.2, -0.15) is 0 Å². The SMILES string of the molecule is CC1(C)C2=C(C=CCC2)c2ccc(N(c3ccc(-c4ccccc4)cc3)c3ccc(-c4cc5c(c6c4oc4ccccc46)C4=C(c6ccc7oc8ccccc8c7c6C4(C)C)C5(C)C)cc3)cc21. The number of hydrogen-bond acceptors (Lipinski definition) is 3. The minimum absolute atomic E-state index is 0.0380. The predicted molar refractivity (Wildman–Crippen MR) is 284 cm³/mol. The van der Waals surface area contributed by atoms with Crippen LogP contribution in [0.3, 0.4) is 0 Å². The van der Waals surface area contributed by atoms with Crippen LogP contribution in [0.1, 0.15) is 87.8 Å². The second-order valence-corrected chi connectivity index (χ2v) is 21.1. The summed E-state index contributed by atoms with van der Waals surface area (Å²) in [4.78, 5) is 2.43. The maximum absolute atomic E-state index is 7.05. The van der Waals surface area contributed by atoms with Gasteiger partial charge in [-0.3, -0.25) is 0 Å². The van der Waals surface area contributed by atoms with Gasteiger partial charge in [0.05, 0.1) is 0 Å². The highest BCUT2D eigenvalue weighted by atomic mass is 16.3. The minimum Gasteiger partial charge on any atom is -0.456 e. The third-order valence-corrected chi connectivity index (χ3v) is 16.3. The number of furan rings is 2. The van der Waals surface area contributed by atoms with E-state index in [9.17, 15) is 0 Å². The molecule has 3 heteroatoms. The van der Waals surface area contributed by atoms with Crippen molar-refractivity contribution in [3.63, 3.8) is 0 Å². The average molecular weight is 878 g/mol. The Kier molecular flexibility index (Phi) is 7.99. The van der Waals surface area contributed by atoms with Crippen LogP contribution >= 0.6 is 0 Å². The minimum atomic E-state index is -0.296. The van der Waals surface area contributed by atoms with E-state index >= 15 is 0 Å². The zero-order chi connectivity index (χ0) is 45.8. The Balaban J connectivity index is 0.926. The van der Waals surface area contributed by atoms with E-state index in [0.717, 1.165) is 68.7 Å². The van der Waals surface area contributed by atoms with Gasteiger partial charge in [0.2, 0.25) is 0 Å². The summed E-state index contributed by atoms with van der Waals surface area (Å²) in [6, 6.07) is 60.1. The molecule has 3 nitrogen and oxygen atoms in total. The normalized spacial score (nSPS) is 17.0. The molecule has 4 aliphatic rings. The first-order valence-electron chi connectivity index (χ1n) is 24.3. The molecule has 8 aromatic carbocycles. The molecule has 0 spiro atoms. The summed E-state index contributed by atoms with van der Waals surface area (Å²) >= 11 is 0. The summed E-state index contributed by atoms with van der Waals surface area (Å²) in [6.45, 7) is 14.5. The second kappa shape index (κ2) is 13.7. The Bertz CT molecular complexity index is 3900. The topological polar surface area (TPSA) is 29.5 Å². The van der Waals surface area contributed by atoms with E-state index in [0.29, 0.717) is 0 Å². The van der Waals surface area contributed by atoms with Gasteiger partial charge in [0, 0.05) is 60.4 Å². The Labute approximate surface area is 397 Å². The van der Waals surface area contributed by atoms with Crippen LogP contribution in [0.25, 0.3) is 82.9 Å². The number of nitrogens with zero attached hydrogens (tertiary/aromatic N) is 1. The van der Waals surface area contributed by atoms with Crippen LogP contribution in [0.5, 0.6) is 0 Å². The highest BCUT2D eigenvalue weighted by Gasteiger charge is 2.52. The smallest absolute Gasteiger partial charge is 0.143 e. The molecular formula is C65H51NO2. The van der Waals surface area contributed by atoms with Crippen LogP contribution in [0.15, 0.2) is 190 Å². The zero-order valence-corrected chi connectivity index (χ0v) is 39.4. The lowest BCUT2D eigenvalue weighted by Gasteiger charge is -2.30. The number of benzene rings is 8. The summed E-state index contributed by atoms with van der Waals surface area (Å²) in [5.41, 5.74) is 25.1. The fourth-order valence-electron chi connectivity index (χ4n) is 13.2. The van der Waals surface area contributed by atoms with Crippen molar-refractivity contribution in [1.29, 1.82) is 0 Å². The molecule has 4 aliphatic carbocycles. The van der Waals surface area contributed by atoms with E-state index in [2.05, 4.69) is 222 Å². The number of rotatable bonds is 5. The summed E-state index contributed by atoms with van der Waals surface area (Å²) in [6.07, 6.45) is 6.91. The van der Waals surface area contributed by atoms with Crippen molar-refractivity contribution in [2.24, 2.45) is 0 Å². The van der Waals surface area contributed by atoms with Gasteiger partial charge in [-0.15, -0.1) is 0 Å². The number of hydrogen-bond donors (Lipinski definition) is 0. The van der Waals surface area contributed by atoms with Crippen molar-refractivity contribution >= 4 is 77.7 Å². The highest BCUT2D eigenvalue weighted by Crippen LogP contribution is 2.66. The molecule has 0 radical (unpaired) electrons. The van der Waals surface area contributed by atoms with Crippen LogP contribution in [0.2, 0.25) is 0 Å². The standard InChI is InChI=1S/C65H51NO2/c1-63(2)50-21-13-10-18-44(50)45-33-32-43(36-51(45)63)66(41-28-24-39(25-29-41)38-16-8-7-9-17-38)42-30-26-40(27-31-42)49-37-52-58(57-47-20-12-15-23-54(47)68-62(49)57)61-60(64(52,3)4)48-34-35-55-56(59(48)65(61,5)6)46-19-11-14-22-53(46)67-55/h7-12,14-20,22-37H,13,21H2,1-6H3. The van der Waals surface area contributed by atoms with Crippen LogP contribution in [0.4, 0.5) is 17.1 Å². The van der Waals surface area contributed by atoms with E-state index < -0.39 is 0 Å². The summed E-state index contributed by atoms with van der Waals surface area (Å²) in [7, 11) is 0. The fourth-order valence-corrected chi connectivity index (χ4v) is 13.2. The highest BCUT2D eigenvalue weighted by molar-refractivity contribution is 6.24. The van der Waals surface area contributed by atoms with Gasteiger partial charge in [-0.1, -0.05) is 162 Å². The van der Waals surface area contributed by atoms with Crippen molar-refractivity contribution in [3.8, 4) is 22.3 Å². The quantitative estimate of drug-likeness (QED) is 0.173. The van der Waals surface area contributed by atoms with Gasteiger partial charge in [0.1, 0.15) is 22.3 Å². The third kappa shape index (κ3) is 5.25. The van der Waals surface area contributed by atoms with Gasteiger partial charge in [-0.05, 0) is 140 Å². The van der Waals surface area contributed by atoms with E-state index in [1.165, 1.54) is 77.4 Å². The number of anilines is 3. The van der Waals surface area contributed by atoms with E-state index in [1.54, 1.807) is 5.57 Å². The van der Waals surface area contributed by atoms with Crippen LogP contribution < -0.4 is 4.90 Å². The van der Waals surface area contributed by atoms with Crippen molar-refractivity contribution in [1.82, 2.24) is 0 Å². The molecular weight excluding hydrogens is 827 g/mol. The predicted octanol–water partition coefficient (Wildman–Crippen LogP) is 18.2. The molecule has 0 bridgehead atoms. The molecule has 0 fully saturated rings. The maximum atomic E-state index is 7.05. The molecule has 10 aromatic rings. The zero-order valence-electron chi connectivity index (χ0n) is 39.4. The largest absolute Gasteiger partial charge is 0.456 e. The van der Waals surface area contributed by atoms with Gasteiger partial charge >= 0.3 is 0 Å². The van der Waals surface area contributed by atoms with Crippen molar-refractivity contribution in [2.75, 3.05) is 4.90 Å². The summed E-state index contributed by atoms with van der Waals surface area (Å²) in [5, 5.41) is 4.78. The molecule has 0 saturated heterocycles. The fraction of sp³-hybridized carbons (Fsp3) is 0.169. The third-order valence-electron chi connectivity index (χ3n) is 16.3. The number of fused-ring (bicyclic) bond motifs is 14. The van der Waals surface area contributed by atoms with Crippen molar-refractivity contribution in [2.45, 2.75) is 70.6 Å². The van der Waals surface area contributed by atoms with Gasteiger partial charge in [0.25, 0.3) is 0 Å².